The lowest BCUT2D eigenvalue weighted by Crippen LogP contribution is -2.33. The Balaban J connectivity index is 2.78. The van der Waals surface area contributed by atoms with Gasteiger partial charge in [0, 0.05) is 24.9 Å². The molecule has 4 nitrogen and oxygen atoms in total. The van der Waals surface area contributed by atoms with Gasteiger partial charge < -0.3 is 15.3 Å². The number of nitrogens with one attached hydrogen (secondary N) is 1. The summed E-state index contributed by atoms with van der Waals surface area (Å²) in [5, 5.41) is 11.9. The van der Waals surface area contributed by atoms with Crippen molar-refractivity contribution in [3.63, 3.8) is 0 Å². The van der Waals surface area contributed by atoms with Gasteiger partial charge in [-0.05, 0) is 19.0 Å². The Hall–Kier alpha value is -1.71. The molecule has 1 aliphatic heterocycles. The van der Waals surface area contributed by atoms with Crippen LogP contribution < -0.4 is 5.32 Å². The van der Waals surface area contributed by atoms with Gasteiger partial charge in [-0.25, -0.2) is 4.79 Å². The van der Waals surface area contributed by atoms with Crippen LogP contribution in [0.1, 0.15) is 12.8 Å². The van der Waals surface area contributed by atoms with E-state index in [0.717, 1.165) is 25.1 Å². The quantitative estimate of drug-likeness (QED) is 0.526. The zero-order chi connectivity index (χ0) is 12.0. The highest BCUT2D eigenvalue weighted by molar-refractivity contribution is 5.80. The van der Waals surface area contributed by atoms with Crippen molar-refractivity contribution in [2.24, 2.45) is 0 Å². The third kappa shape index (κ3) is 3.15. The van der Waals surface area contributed by atoms with E-state index in [1.807, 2.05) is 0 Å². The molecule has 88 valence electrons. The Bertz CT molecular complexity index is 310. The van der Waals surface area contributed by atoms with Gasteiger partial charge >= 0.3 is 5.97 Å². The van der Waals surface area contributed by atoms with Crippen molar-refractivity contribution in [3.8, 4) is 0 Å². The second kappa shape index (κ2) is 6.00. The number of hydrogen-bond donors (Lipinski definition) is 2. The van der Waals surface area contributed by atoms with E-state index in [9.17, 15) is 4.79 Å². The molecule has 0 spiro atoms. The number of nitrogens with zero attached hydrogens (tertiary/aromatic N) is 1. The first kappa shape index (κ1) is 12.4. The molecule has 2 N–H and O–H groups in total. The van der Waals surface area contributed by atoms with Crippen LogP contribution in [-0.4, -0.2) is 35.1 Å². The van der Waals surface area contributed by atoms with Crippen LogP contribution in [0, 0.1) is 0 Å². The summed E-state index contributed by atoms with van der Waals surface area (Å²) in [7, 11) is 0. The molecule has 4 heteroatoms. The molecular formula is C12H18N2O2. The molecule has 1 fully saturated rings. The highest BCUT2D eigenvalue weighted by Gasteiger charge is 2.25. The third-order valence-corrected chi connectivity index (χ3v) is 2.62. The molecule has 1 heterocycles. The summed E-state index contributed by atoms with van der Waals surface area (Å²) in [5.74, 6) is -0.928. The normalized spacial score (nSPS) is 20.6. The molecule has 0 amide bonds. The number of carboxylic acid groups (broad SMARTS) is 1. The first-order chi connectivity index (χ1) is 7.69. The fourth-order valence-electron chi connectivity index (χ4n) is 1.93. The zero-order valence-corrected chi connectivity index (χ0v) is 9.35. The van der Waals surface area contributed by atoms with E-state index >= 15 is 0 Å². The molecular weight excluding hydrogens is 204 g/mol. The van der Waals surface area contributed by atoms with E-state index in [0.29, 0.717) is 6.54 Å². The third-order valence-electron chi connectivity index (χ3n) is 2.62. The summed E-state index contributed by atoms with van der Waals surface area (Å²) in [5.41, 5.74) is 0.727. The van der Waals surface area contributed by atoms with Gasteiger partial charge in [0.2, 0.25) is 0 Å². The van der Waals surface area contributed by atoms with Crippen LogP contribution in [0.5, 0.6) is 0 Å². The van der Waals surface area contributed by atoms with Crippen molar-refractivity contribution in [1.29, 1.82) is 0 Å². The van der Waals surface area contributed by atoms with Crippen LogP contribution in [0.15, 0.2) is 37.2 Å². The Morgan fingerprint density at radius 1 is 1.56 bits per heavy atom. The number of likely N-dealkylation sites (tertiary alicyclic amines) is 1. The number of hydrogen-bond acceptors (Lipinski definition) is 3. The van der Waals surface area contributed by atoms with Gasteiger partial charge in [-0.1, -0.05) is 12.7 Å². The highest BCUT2D eigenvalue weighted by Crippen LogP contribution is 2.22. The summed E-state index contributed by atoms with van der Waals surface area (Å²) < 4.78 is 0. The fraction of sp³-hybridized carbons (Fsp3) is 0.417. The maximum atomic E-state index is 10.7. The van der Waals surface area contributed by atoms with E-state index in [2.05, 4.69) is 23.4 Å². The van der Waals surface area contributed by atoms with Crippen molar-refractivity contribution < 1.29 is 9.90 Å². The molecule has 0 aliphatic carbocycles. The summed E-state index contributed by atoms with van der Waals surface area (Å²) in [4.78, 5) is 12.8. The SMILES string of the molecule is C=CCNC(=CC(=O)O)C1CCCN1C=C. The summed E-state index contributed by atoms with van der Waals surface area (Å²) >= 11 is 0. The Morgan fingerprint density at radius 2 is 2.31 bits per heavy atom. The molecule has 1 unspecified atom stereocenters. The highest BCUT2D eigenvalue weighted by atomic mass is 16.4. The van der Waals surface area contributed by atoms with E-state index in [4.69, 9.17) is 5.11 Å². The Kier molecular flexibility index (Phi) is 4.64. The van der Waals surface area contributed by atoms with Gasteiger partial charge in [0.15, 0.2) is 0 Å². The second-order valence-electron chi connectivity index (χ2n) is 3.69. The van der Waals surface area contributed by atoms with Crippen molar-refractivity contribution >= 4 is 5.97 Å². The Labute approximate surface area is 95.9 Å². The van der Waals surface area contributed by atoms with Gasteiger partial charge in [-0.3, -0.25) is 0 Å². The standard InChI is InChI=1S/C12H18N2O2/c1-3-7-13-10(9-12(15)16)11-6-5-8-14(11)4-2/h3-4,9,11,13H,1-2,5-8H2,(H,15,16). The maximum absolute atomic E-state index is 10.7. The molecule has 16 heavy (non-hydrogen) atoms. The van der Waals surface area contributed by atoms with Crippen molar-refractivity contribution in [2.75, 3.05) is 13.1 Å². The molecule has 0 aromatic carbocycles. The van der Waals surface area contributed by atoms with E-state index in [1.165, 1.54) is 6.08 Å². The molecule has 0 aromatic heterocycles. The Morgan fingerprint density at radius 3 is 2.88 bits per heavy atom. The predicted octanol–water partition coefficient (Wildman–Crippen LogP) is 1.34. The minimum absolute atomic E-state index is 0.105. The second-order valence-corrected chi connectivity index (χ2v) is 3.69. The predicted molar refractivity (Wildman–Crippen MR) is 63.8 cm³/mol. The van der Waals surface area contributed by atoms with Gasteiger partial charge in [0.1, 0.15) is 0 Å². The molecule has 0 saturated carbocycles. The van der Waals surface area contributed by atoms with Crippen LogP contribution in [0.25, 0.3) is 0 Å². The topological polar surface area (TPSA) is 52.6 Å². The number of rotatable bonds is 6. The van der Waals surface area contributed by atoms with Gasteiger partial charge in [-0.2, -0.15) is 0 Å². The number of carbonyl (C=O) groups is 1. The molecule has 1 rings (SSSR count). The summed E-state index contributed by atoms with van der Waals surface area (Å²) in [6.07, 6.45) is 6.72. The minimum atomic E-state index is -0.928. The molecule has 1 atom stereocenters. The smallest absolute Gasteiger partial charge is 0.330 e. The zero-order valence-electron chi connectivity index (χ0n) is 9.35. The van der Waals surface area contributed by atoms with Gasteiger partial charge in [0.25, 0.3) is 0 Å². The minimum Gasteiger partial charge on any atom is -0.478 e. The van der Waals surface area contributed by atoms with Gasteiger partial charge in [-0.15, -0.1) is 6.58 Å². The first-order valence-electron chi connectivity index (χ1n) is 5.36. The summed E-state index contributed by atoms with van der Waals surface area (Å²) in [6.45, 7) is 8.85. The monoisotopic (exact) mass is 222 g/mol. The number of carboxylic acids is 1. The van der Waals surface area contributed by atoms with Crippen LogP contribution in [0.2, 0.25) is 0 Å². The average molecular weight is 222 g/mol. The van der Waals surface area contributed by atoms with Crippen LogP contribution >= 0.6 is 0 Å². The van der Waals surface area contributed by atoms with Crippen molar-refractivity contribution in [3.05, 3.63) is 37.2 Å². The molecule has 1 saturated heterocycles. The lowest BCUT2D eigenvalue weighted by atomic mass is 10.1. The molecule has 0 bridgehead atoms. The molecule has 0 aromatic rings. The fourth-order valence-corrected chi connectivity index (χ4v) is 1.93. The van der Waals surface area contributed by atoms with Crippen molar-refractivity contribution in [2.45, 2.75) is 18.9 Å². The molecule has 0 radical (unpaired) electrons. The van der Waals surface area contributed by atoms with E-state index in [-0.39, 0.29) is 6.04 Å². The molecule has 1 aliphatic rings. The number of aliphatic carboxylic acids is 1. The van der Waals surface area contributed by atoms with Crippen LogP contribution in [0.3, 0.4) is 0 Å². The largest absolute Gasteiger partial charge is 0.478 e. The van der Waals surface area contributed by atoms with E-state index < -0.39 is 5.97 Å². The maximum Gasteiger partial charge on any atom is 0.330 e. The lowest BCUT2D eigenvalue weighted by Gasteiger charge is -2.25. The van der Waals surface area contributed by atoms with Crippen LogP contribution in [0.4, 0.5) is 0 Å². The van der Waals surface area contributed by atoms with Crippen molar-refractivity contribution in [1.82, 2.24) is 10.2 Å². The lowest BCUT2D eigenvalue weighted by molar-refractivity contribution is -0.131. The average Bonchev–Trinajstić information content (AvgIpc) is 2.71. The van der Waals surface area contributed by atoms with E-state index in [1.54, 1.807) is 12.3 Å². The summed E-state index contributed by atoms with van der Waals surface area (Å²) in [6, 6.07) is 0.105. The first-order valence-corrected chi connectivity index (χ1v) is 5.36. The van der Waals surface area contributed by atoms with Gasteiger partial charge in [0.05, 0.1) is 6.04 Å². The van der Waals surface area contributed by atoms with Crippen LogP contribution in [-0.2, 0) is 4.79 Å².